The Morgan fingerprint density at radius 3 is 2.12 bits per heavy atom. The molecule has 1 aromatic carbocycles. The predicted octanol–water partition coefficient (Wildman–Crippen LogP) is 3.22. The van der Waals surface area contributed by atoms with Crippen LogP contribution in [0.2, 0.25) is 0 Å². The molecule has 0 spiro atoms. The molecule has 0 aliphatic heterocycles. The first-order chi connectivity index (χ1) is 6.93. The van der Waals surface area contributed by atoms with Crippen LogP contribution in [0.4, 0.5) is 13.2 Å². The molecule has 0 aliphatic carbocycles. The van der Waals surface area contributed by atoms with E-state index in [9.17, 15) is 18.0 Å². The van der Waals surface area contributed by atoms with E-state index in [4.69, 9.17) is 0 Å². The van der Waals surface area contributed by atoms with E-state index >= 15 is 0 Å². The first-order valence-electron chi connectivity index (χ1n) is 3.95. The third-order valence-corrected chi connectivity index (χ3v) is 1.57. The highest BCUT2D eigenvalue weighted by atomic mass is 35.5. The maximum Gasteiger partial charge on any atom is 0.416 e. The van der Waals surface area contributed by atoms with Gasteiger partial charge in [0.25, 0.3) is 0 Å². The lowest BCUT2D eigenvalue weighted by Crippen LogP contribution is -2.06. The molecule has 0 radical (unpaired) electrons. The van der Waals surface area contributed by atoms with Gasteiger partial charge in [-0.25, -0.2) is 4.79 Å². The molecule has 0 aromatic heterocycles. The molecule has 0 aliphatic rings. The fourth-order valence-corrected chi connectivity index (χ4v) is 0.870. The highest BCUT2D eigenvalue weighted by molar-refractivity contribution is 5.85. The molecule has 1 aromatic rings. The first kappa shape index (κ1) is 14.5. The van der Waals surface area contributed by atoms with E-state index < -0.39 is 17.7 Å². The van der Waals surface area contributed by atoms with E-state index in [2.05, 4.69) is 11.3 Å². The predicted molar refractivity (Wildman–Crippen MR) is 54.5 cm³/mol. The molecule has 0 atom stereocenters. The summed E-state index contributed by atoms with van der Waals surface area (Å²) in [4.78, 5) is 10.7. The topological polar surface area (TPSA) is 26.3 Å². The summed E-state index contributed by atoms with van der Waals surface area (Å²) in [5.74, 6) is -0.664. The van der Waals surface area contributed by atoms with Crippen molar-refractivity contribution >= 4 is 18.4 Å². The maximum atomic E-state index is 12.1. The molecule has 16 heavy (non-hydrogen) atoms. The van der Waals surface area contributed by atoms with E-state index in [1.165, 1.54) is 0 Å². The van der Waals surface area contributed by atoms with Gasteiger partial charge in [0.05, 0.1) is 5.56 Å². The lowest BCUT2D eigenvalue weighted by molar-refractivity contribution is -0.137. The minimum atomic E-state index is -4.39. The van der Waals surface area contributed by atoms with Gasteiger partial charge in [-0.05, 0) is 24.3 Å². The third-order valence-electron chi connectivity index (χ3n) is 1.57. The van der Waals surface area contributed by atoms with Gasteiger partial charge in [0.2, 0.25) is 0 Å². The quantitative estimate of drug-likeness (QED) is 0.459. The molecule has 0 saturated carbocycles. The van der Waals surface area contributed by atoms with Crippen LogP contribution < -0.4 is 4.74 Å². The SMILES string of the molecule is C=CC(=O)Oc1ccc(C(F)(F)F)cc1.Cl. The molecule has 0 fully saturated rings. The van der Waals surface area contributed by atoms with E-state index in [0.717, 1.165) is 30.3 Å². The monoisotopic (exact) mass is 252 g/mol. The van der Waals surface area contributed by atoms with Gasteiger partial charge in [0.1, 0.15) is 5.75 Å². The van der Waals surface area contributed by atoms with Crippen molar-refractivity contribution in [1.82, 2.24) is 0 Å². The van der Waals surface area contributed by atoms with Gasteiger partial charge in [-0.1, -0.05) is 6.58 Å². The van der Waals surface area contributed by atoms with Crippen molar-refractivity contribution in [3.8, 4) is 5.75 Å². The molecule has 2 nitrogen and oxygen atoms in total. The van der Waals surface area contributed by atoms with Crippen molar-refractivity contribution in [2.24, 2.45) is 0 Å². The molecule has 1 rings (SSSR count). The molecule has 0 heterocycles. The van der Waals surface area contributed by atoms with Gasteiger partial charge in [0.15, 0.2) is 0 Å². The fourth-order valence-electron chi connectivity index (χ4n) is 0.870. The van der Waals surface area contributed by atoms with Gasteiger partial charge >= 0.3 is 12.1 Å². The summed E-state index contributed by atoms with van der Waals surface area (Å²) in [6.45, 7) is 3.16. The number of ether oxygens (including phenoxy) is 1. The lowest BCUT2D eigenvalue weighted by Gasteiger charge is -2.06. The summed E-state index contributed by atoms with van der Waals surface area (Å²) in [5, 5.41) is 0. The molecule has 0 N–H and O–H groups in total. The van der Waals surface area contributed by atoms with Crippen molar-refractivity contribution in [1.29, 1.82) is 0 Å². The Labute approximate surface area is 96.1 Å². The molecule has 0 bridgehead atoms. The number of esters is 1. The summed E-state index contributed by atoms with van der Waals surface area (Å²) in [6, 6.07) is 3.83. The van der Waals surface area contributed by atoms with Gasteiger partial charge in [0, 0.05) is 6.08 Å². The zero-order chi connectivity index (χ0) is 11.5. The maximum absolute atomic E-state index is 12.1. The van der Waals surface area contributed by atoms with Crippen LogP contribution in [0, 0.1) is 0 Å². The molecule has 0 amide bonds. The second kappa shape index (κ2) is 5.55. The molecule has 0 unspecified atom stereocenters. The van der Waals surface area contributed by atoms with Crippen molar-refractivity contribution in [3.63, 3.8) is 0 Å². The Kier molecular flexibility index (Phi) is 5.04. The van der Waals surface area contributed by atoms with E-state index in [0.29, 0.717) is 0 Å². The Balaban J connectivity index is 0.00000225. The third kappa shape index (κ3) is 3.94. The number of carbonyl (C=O) groups is 1. The number of rotatable bonds is 2. The second-order valence-corrected chi connectivity index (χ2v) is 2.65. The molecular weight excluding hydrogens is 245 g/mol. The molecule has 6 heteroatoms. The van der Waals surface area contributed by atoms with Gasteiger partial charge in [-0.2, -0.15) is 13.2 Å². The van der Waals surface area contributed by atoms with E-state index in [1.54, 1.807) is 0 Å². The van der Waals surface area contributed by atoms with Crippen LogP contribution in [0.15, 0.2) is 36.9 Å². The number of hydrogen-bond donors (Lipinski definition) is 0. The normalized spacial score (nSPS) is 10.2. The summed E-state index contributed by atoms with van der Waals surface area (Å²) >= 11 is 0. The van der Waals surface area contributed by atoms with Gasteiger partial charge in [-0.15, -0.1) is 12.4 Å². The molecule has 0 saturated heterocycles. The fraction of sp³-hybridized carbons (Fsp3) is 0.100. The Morgan fingerprint density at radius 2 is 1.75 bits per heavy atom. The molecule has 88 valence electrons. The summed E-state index contributed by atoms with van der Waals surface area (Å²) in [5.41, 5.74) is -0.791. The van der Waals surface area contributed by atoms with Crippen LogP contribution in [-0.2, 0) is 11.0 Å². The number of carbonyl (C=O) groups excluding carboxylic acids is 1. The highest BCUT2D eigenvalue weighted by Gasteiger charge is 2.30. The van der Waals surface area contributed by atoms with Crippen molar-refractivity contribution < 1.29 is 22.7 Å². The molecular formula is C10H8ClF3O2. The standard InChI is InChI=1S/C10H7F3O2.ClH/c1-2-9(14)15-8-5-3-7(4-6-8)10(11,12)13;/h2-6H,1H2;1H. The first-order valence-corrected chi connectivity index (χ1v) is 3.95. The lowest BCUT2D eigenvalue weighted by atomic mass is 10.2. The zero-order valence-electron chi connectivity index (χ0n) is 7.95. The second-order valence-electron chi connectivity index (χ2n) is 2.65. The van der Waals surface area contributed by atoms with Crippen LogP contribution in [0.3, 0.4) is 0 Å². The van der Waals surface area contributed by atoms with Crippen LogP contribution >= 0.6 is 12.4 Å². The minimum Gasteiger partial charge on any atom is -0.423 e. The number of alkyl halides is 3. The van der Waals surface area contributed by atoms with Crippen LogP contribution in [-0.4, -0.2) is 5.97 Å². The summed E-state index contributed by atoms with van der Waals surface area (Å²) in [7, 11) is 0. The zero-order valence-corrected chi connectivity index (χ0v) is 8.77. The van der Waals surface area contributed by atoms with Crippen LogP contribution in [0.25, 0.3) is 0 Å². The van der Waals surface area contributed by atoms with Gasteiger partial charge < -0.3 is 4.74 Å². The van der Waals surface area contributed by atoms with Crippen LogP contribution in [0.5, 0.6) is 5.75 Å². The Bertz CT molecular complexity index is 371. The minimum absolute atomic E-state index is 0. The Morgan fingerprint density at radius 1 is 1.25 bits per heavy atom. The van der Waals surface area contributed by atoms with E-state index in [-0.39, 0.29) is 18.2 Å². The Hall–Kier alpha value is -1.49. The highest BCUT2D eigenvalue weighted by Crippen LogP contribution is 2.30. The number of halogens is 4. The number of hydrogen-bond acceptors (Lipinski definition) is 2. The van der Waals surface area contributed by atoms with E-state index in [1.807, 2.05) is 0 Å². The number of benzene rings is 1. The van der Waals surface area contributed by atoms with Gasteiger partial charge in [-0.3, -0.25) is 0 Å². The van der Waals surface area contributed by atoms with Crippen molar-refractivity contribution in [2.45, 2.75) is 6.18 Å². The largest absolute Gasteiger partial charge is 0.423 e. The average molecular weight is 253 g/mol. The van der Waals surface area contributed by atoms with Crippen molar-refractivity contribution in [3.05, 3.63) is 42.5 Å². The van der Waals surface area contributed by atoms with Crippen LogP contribution in [0.1, 0.15) is 5.56 Å². The summed E-state index contributed by atoms with van der Waals surface area (Å²) in [6.07, 6.45) is -3.46. The summed E-state index contributed by atoms with van der Waals surface area (Å²) < 4.78 is 41.0. The van der Waals surface area contributed by atoms with Crippen molar-refractivity contribution in [2.75, 3.05) is 0 Å². The smallest absolute Gasteiger partial charge is 0.416 e. The average Bonchev–Trinajstić information content (AvgIpc) is 2.17.